The monoisotopic (exact) mass is 303 g/mol. The first kappa shape index (κ1) is 14.1. The fraction of sp³-hybridized carbons (Fsp3) is 0.214. The van der Waals surface area contributed by atoms with E-state index in [4.69, 9.17) is 5.84 Å². The van der Waals surface area contributed by atoms with E-state index in [1.54, 1.807) is 0 Å². The van der Waals surface area contributed by atoms with Crippen molar-refractivity contribution >= 4 is 28.7 Å². The number of rotatable bonds is 3. The summed E-state index contributed by atoms with van der Waals surface area (Å²) in [6, 6.07) is 1.33. The number of amides is 1. The standard InChI is InChI=1S/C14H13N3O5/c15-17-12(18)8-4-7-10(14(21)22)9(13(19)20)5-2-1-3-6(5)11(7)16-8/h4,16H,1-3,15H2,(H,17,18)(H,19,20)(H,21,22). The molecule has 0 aliphatic heterocycles. The second-order valence-electron chi connectivity index (χ2n) is 5.12. The summed E-state index contributed by atoms with van der Waals surface area (Å²) in [5, 5.41) is 19.1. The Morgan fingerprint density at radius 2 is 1.73 bits per heavy atom. The van der Waals surface area contributed by atoms with Crippen molar-refractivity contribution < 1.29 is 24.6 Å². The third-order valence-electron chi connectivity index (χ3n) is 3.96. The van der Waals surface area contributed by atoms with Crippen LogP contribution in [-0.4, -0.2) is 33.0 Å². The van der Waals surface area contributed by atoms with Gasteiger partial charge in [-0.05, 0) is 36.5 Å². The lowest BCUT2D eigenvalue weighted by atomic mass is 9.93. The number of carbonyl (C=O) groups excluding carboxylic acids is 1. The van der Waals surface area contributed by atoms with Crippen molar-refractivity contribution in [2.45, 2.75) is 19.3 Å². The summed E-state index contributed by atoms with van der Waals surface area (Å²) >= 11 is 0. The lowest BCUT2D eigenvalue weighted by molar-refractivity contribution is 0.0652. The first-order valence-electron chi connectivity index (χ1n) is 6.63. The van der Waals surface area contributed by atoms with E-state index >= 15 is 0 Å². The number of carboxylic acids is 2. The lowest BCUT2D eigenvalue weighted by Crippen LogP contribution is -2.30. The Morgan fingerprint density at radius 1 is 1.09 bits per heavy atom. The number of nitrogens with one attached hydrogen (secondary N) is 2. The summed E-state index contributed by atoms with van der Waals surface area (Å²) in [4.78, 5) is 37.7. The Hall–Kier alpha value is -2.87. The van der Waals surface area contributed by atoms with E-state index in [1.807, 2.05) is 5.43 Å². The largest absolute Gasteiger partial charge is 0.478 e. The third-order valence-corrected chi connectivity index (χ3v) is 3.96. The van der Waals surface area contributed by atoms with Crippen LogP contribution in [-0.2, 0) is 12.8 Å². The van der Waals surface area contributed by atoms with Crippen LogP contribution in [0.25, 0.3) is 10.9 Å². The van der Waals surface area contributed by atoms with Gasteiger partial charge in [0.15, 0.2) is 0 Å². The Labute approximate surface area is 123 Å². The molecule has 0 saturated carbocycles. The minimum atomic E-state index is -1.34. The predicted molar refractivity (Wildman–Crippen MR) is 75.9 cm³/mol. The summed E-state index contributed by atoms with van der Waals surface area (Å²) in [7, 11) is 0. The number of nitrogen functional groups attached to an aromatic ring is 1. The zero-order chi connectivity index (χ0) is 16.0. The van der Waals surface area contributed by atoms with Crippen molar-refractivity contribution in [1.82, 2.24) is 10.4 Å². The topological polar surface area (TPSA) is 146 Å². The number of hydrogen-bond acceptors (Lipinski definition) is 4. The molecule has 0 saturated heterocycles. The van der Waals surface area contributed by atoms with Crippen LogP contribution in [0, 0.1) is 0 Å². The molecule has 22 heavy (non-hydrogen) atoms. The number of fused-ring (bicyclic) bond motifs is 3. The van der Waals surface area contributed by atoms with Crippen molar-refractivity contribution in [3.63, 3.8) is 0 Å². The molecule has 1 aliphatic rings. The van der Waals surface area contributed by atoms with E-state index < -0.39 is 17.8 Å². The molecular weight excluding hydrogens is 290 g/mol. The van der Waals surface area contributed by atoms with E-state index in [9.17, 15) is 24.6 Å². The Balaban J connectivity index is 2.45. The van der Waals surface area contributed by atoms with Crippen LogP contribution in [0.1, 0.15) is 48.8 Å². The maximum atomic E-state index is 11.7. The number of aromatic amines is 1. The van der Waals surface area contributed by atoms with Gasteiger partial charge in [0, 0.05) is 5.39 Å². The zero-order valence-electron chi connectivity index (χ0n) is 11.4. The first-order chi connectivity index (χ1) is 10.5. The van der Waals surface area contributed by atoms with Gasteiger partial charge in [0.05, 0.1) is 16.6 Å². The van der Waals surface area contributed by atoms with Crippen LogP contribution in [0.5, 0.6) is 0 Å². The molecule has 0 atom stereocenters. The summed E-state index contributed by atoms with van der Waals surface area (Å²) < 4.78 is 0. The van der Waals surface area contributed by atoms with E-state index in [0.717, 1.165) is 12.0 Å². The highest BCUT2D eigenvalue weighted by atomic mass is 16.4. The molecule has 1 aromatic heterocycles. The van der Waals surface area contributed by atoms with E-state index in [1.165, 1.54) is 6.07 Å². The predicted octanol–water partition coefficient (Wildman–Crippen LogP) is 0.657. The number of benzene rings is 1. The summed E-state index contributed by atoms with van der Waals surface area (Å²) in [6.07, 6.45) is 1.88. The van der Waals surface area contributed by atoms with Crippen molar-refractivity contribution in [3.05, 3.63) is 34.0 Å². The molecule has 6 N–H and O–H groups in total. The maximum absolute atomic E-state index is 11.7. The smallest absolute Gasteiger partial charge is 0.337 e. The van der Waals surface area contributed by atoms with Gasteiger partial charge in [-0.15, -0.1) is 0 Å². The number of carbonyl (C=O) groups is 3. The summed E-state index contributed by atoms with van der Waals surface area (Å²) in [5.74, 6) is 1.87. The van der Waals surface area contributed by atoms with Crippen LogP contribution < -0.4 is 11.3 Å². The molecule has 1 amide bonds. The highest BCUT2D eigenvalue weighted by Gasteiger charge is 2.30. The van der Waals surface area contributed by atoms with Crippen LogP contribution in [0.2, 0.25) is 0 Å². The van der Waals surface area contributed by atoms with Crippen molar-refractivity contribution in [2.75, 3.05) is 0 Å². The van der Waals surface area contributed by atoms with Gasteiger partial charge in [0.2, 0.25) is 0 Å². The number of nitrogens with two attached hydrogens (primary N) is 1. The molecule has 8 nitrogen and oxygen atoms in total. The van der Waals surface area contributed by atoms with Gasteiger partial charge in [-0.1, -0.05) is 0 Å². The molecule has 1 aliphatic carbocycles. The zero-order valence-corrected chi connectivity index (χ0v) is 11.4. The fourth-order valence-electron chi connectivity index (χ4n) is 3.13. The van der Waals surface area contributed by atoms with E-state index in [2.05, 4.69) is 4.98 Å². The van der Waals surface area contributed by atoms with Gasteiger partial charge in [-0.3, -0.25) is 10.2 Å². The molecule has 1 aromatic carbocycles. The Bertz CT molecular complexity index is 837. The second kappa shape index (κ2) is 4.85. The molecule has 8 heteroatoms. The molecular formula is C14H13N3O5. The third kappa shape index (κ3) is 1.85. The average Bonchev–Trinajstić information content (AvgIpc) is 3.09. The summed E-state index contributed by atoms with van der Waals surface area (Å²) in [6.45, 7) is 0. The highest BCUT2D eigenvalue weighted by Crippen LogP contribution is 2.36. The second-order valence-corrected chi connectivity index (χ2v) is 5.12. The van der Waals surface area contributed by atoms with Crippen LogP contribution in [0.15, 0.2) is 6.07 Å². The summed E-state index contributed by atoms with van der Waals surface area (Å²) in [5.41, 5.74) is 3.35. The first-order valence-corrected chi connectivity index (χ1v) is 6.63. The molecule has 0 spiro atoms. The minimum absolute atomic E-state index is 0.0941. The molecule has 114 valence electrons. The molecule has 1 heterocycles. The van der Waals surface area contributed by atoms with E-state index in [0.29, 0.717) is 23.9 Å². The maximum Gasteiger partial charge on any atom is 0.337 e. The number of H-pyrrole nitrogens is 1. The van der Waals surface area contributed by atoms with Crippen molar-refractivity contribution in [3.8, 4) is 0 Å². The van der Waals surface area contributed by atoms with Gasteiger partial charge in [0.25, 0.3) is 5.91 Å². The van der Waals surface area contributed by atoms with Crippen LogP contribution in [0.4, 0.5) is 0 Å². The number of hydrazine groups is 1. The van der Waals surface area contributed by atoms with Gasteiger partial charge >= 0.3 is 11.9 Å². The van der Waals surface area contributed by atoms with Gasteiger partial charge in [0.1, 0.15) is 5.69 Å². The minimum Gasteiger partial charge on any atom is -0.478 e. The number of carboxylic acid groups (broad SMARTS) is 2. The molecule has 0 fully saturated rings. The Morgan fingerprint density at radius 3 is 2.32 bits per heavy atom. The number of aromatic carboxylic acids is 2. The molecule has 0 bridgehead atoms. The van der Waals surface area contributed by atoms with E-state index in [-0.39, 0.29) is 22.2 Å². The molecule has 0 unspecified atom stereocenters. The number of aryl methyl sites for hydroxylation is 1. The van der Waals surface area contributed by atoms with Crippen LogP contribution in [0.3, 0.4) is 0 Å². The molecule has 3 rings (SSSR count). The molecule has 2 aromatic rings. The van der Waals surface area contributed by atoms with Gasteiger partial charge in [-0.25, -0.2) is 15.4 Å². The van der Waals surface area contributed by atoms with Crippen LogP contribution >= 0.6 is 0 Å². The van der Waals surface area contributed by atoms with Crippen molar-refractivity contribution in [2.24, 2.45) is 5.84 Å². The Kier molecular flexibility index (Phi) is 3.10. The number of aromatic nitrogens is 1. The average molecular weight is 303 g/mol. The molecule has 0 radical (unpaired) electrons. The van der Waals surface area contributed by atoms with Gasteiger partial charge in [-0.2, -0.15) is 0 Å². The quantitative estimate of drug-likeness (QED) is 0.320. The fourth-order valence-corrected chi connectivity index (χ4v) is 3.13. The highest BCUT2D eigenvalue weighted by molar-refractivity contribution is 6.14. The SMILES string of the molecule is NNC(=O)c1cc2c(C(=O)O)c(C(=O)O)c3c(c2[nH]1)CCC3. The normalized spacial score (nSPS) is 13.1. The van der Waals surface area contributed by atoms with Gasteiger partial charge < -0.3 is 15.2 Å². The van der Waals surface area contributed by atoms with Crippen molar-refractivity contribution in [1.29, 1.82) is 0 Å². The lowest BCUT2D eigenvalue weighted by Gasteiger charge is -2.10. The number of hydrogen-bond donors (Lipinski definition) is 5.